The second kappa shape index (κ2) is 7.93. The highest BCUT2D eigenvalue weighted by atomic mass is 16.5. The molecule has 0 aliphatic carbocycles. The summed E-state index contributed by atoms with van der Waals surface area (Å²) in [5.74, 6) is 0.647. The molecule has 0 bridgehead atoms. The number of methoxy groups -OCH3 is 1. The molecule has 1 heterocycles. The fraction of sp³-hybridized carbons (Fsp3) is 0.643. The van der Waals surface area contributed by atoms with Crippen molar-refractivity contribution in [1.82, 2.24) is 5.32 Å². The van der Waals surface area contributed by atoms with Crippen molar-refractivity contribution in [3.63, 3.8) is 0 Å². The normalized spacial score (nSPS) is 10.9. The van der Waals surface area contributed by atoms with E-state index in [0.717, 1.165) is 24.4 Å². The van der Waals surface area contributed by atoms with Crippen LogP contribution in [0.25, 0.3) is 0 Å². The Labute approximate surface area is 109 Å². The molecule has 18 heavy (non-hydrogen) atoms. The molecule has 0 radical (unpaired) electrons. The van der Waals surface area contributed by atoms with Crippen LogP contribution in [0.4, 0.5) is 0 Å². The van der Waals surface area contributed by atoms with Gasteiger partial charge in [-0.15, -0.1) is 0 Å². The van der Waals surface area contributed by atoms with Crippen molar-refractivity contribution in [3.8, 4) is 0 Å². The Balaban J connectivity index is 2.23. The summed E-state index contributed by atoms with van der Waals surface area (Å²) in [5, 5.41) is 3.31. The summed E-state index contributed by atoms with van der Waals surface area (Å²) in [5.41, 5.74) is 0.853. The average molecular weight is 253 g/mol. The summed E-state index contributed by atoms with van der Waals surface area (Å²) in [6, 6.07) is 1.80. The molecule has 0 unspecified atom stereocenters. The highest BCUT2D eigenvalue weighted by molar-refractivity contribution is 5.87. The highest BCUT2D eigenvalue weighted by Crippen LogP contribution is 2.11. The summed E-state index contributed by atoms with van der Waals surface area (Å²) in [7, 11) is 1.36. The summed E-state index contributed by atoms with van der Waals surface area (Å²) < 4.78 is 9.76. The van der Waals surface area contributed by atoms with Gasteiger partial charge in [-0.05, 0) is 24.9 Å². The van der Waals surface area contributed by atoms with Crippen LogP contribution in [0.1, 0.15) is 49.2 Å². The van der Waals surface area contributed by atoms with E-state index in [-0.39, 0.29) is 0 Å². The van der Waals surface area contributed by atoms with Crippen LogP contribution in [0.2, 0.25) is 0 Å². The lowest BCUT2D eigenvalue weighted by molar-refractivity contribution is 0.0563. The van der Waals surface area contributed by atoms with Gasteiger partial charge in [-0.3, -0.25) is 0 Å². The monoisotopic (exact) mass is 253 g/mol. The first-order valence-corrected chi connectivity index (χ1v) is 6.50. The zero-order chi connectivity index (χ0) is 13.4. The molecular formula is C14H23NO3. The molecule has 0 aliphatic rings. The zero-order valence-electron chi connectivity index (χ0n) is 11.5. The van der Waals surface area contributed by atoms with E-state index in [2.05, 4.69) is 23.9 Å². The number of carbonyl (C=O) groups is 1. The second-order valence-corrected chi connectivity index (χ2v) is 4.83. The van der Waals surface area contributed by atoms with E-state index < -0.39 is 5.97 Å². The fourth-order valence-electron chi connectivity index (χ4n) is 1.77. The molecule has 0 saturated carbocycles. The molecule has 0 spiro atoms. The van der Waals surface area contributed by atoms with Crippen LogP contribution in [-0.2, 0) is 11.3 Å². The van der Waals surface area contributed by atoms with Gasteiger partial charge in [-0.25, -0.2) is 4.79 Å². The third kappa shape index (κ3) is 4.92. The molecule has 4 heteroatoms. The Bertz CT molecular complexity index is 358. The van der Waals surface area contributed by atoms with Gasteiger partial charge in [0.25, 0.3) is 0 Å². The molecule has 4 nitrogen and oxygen atoms in total. The van der Waals surface area contributed by atoms with Crippen molar-refractivity contribution in [2.45, 2.75) is 39.7 Å². The molecule has 1 rings (SSSR count). The number of rotatable bonds is 8. The number of hydrogen-bond acceptors (Lipinski definition) is 4. The topological polar surface area (TPSA) is 51.5 Å². The van der Waals surface area contributed by atoms with Gasteiger partial charge in [0.1, 0.15) is 0 Å². The third-order valence-electron chi connectivity index (χ3n) is 2.82. The molecule has 1 aromatic heterocycles. The lowest BCUT2D eigenvalue weighted by atomic mass is 10.1. The third-order valence-corrected chi connectivity index (χ3v) is 2.82. The minimum absolute atomic E-state index is 0.298. The predicted octanol–water partition coefficient (Wildman–Crippen LogP) is 2.98. The molecule has 1 aromatic rings. The van der Waals surface area contributed by atoms with Crippen LogP contribution in [-0.4, -0.2) is 19.6 Å². The summed E-state index contributed by atoms with van der Waals surface area (Å²) in [6.07, 6.45) is 5.17. The molecule has 102 valence electrons. The predicted molar refractivity (Wildman–Crippen MR) is 70.4 cm³/mol. The van der Waals surface area contributed by atoms with Crippen molar-refractivity contribution in [2.24, 2.45) is 5.92 Å². The minimum atomic E-state index is -0.420. The lowest BCUT2D eigenvalue weighted by Crippen LogP contribution is -2.16. The standard InChI is InChI=1S/C14H23NO3/c1-11(2)6-4-5-8-15-10-12-7-9-18-13(12)14(16)17-3/h7,9,11,15H,4-6,8,10H2,1-3H3. The number of carbonyl (C=O) groups excluding carboxylic acids is 1. The minimum Gasteiger partial charge on any atom is -0.463 e. The number of ether oxygens (including phenoxy) is 1. The smallest absolute Gasteiger partial charge is 0.374 e. The Morgan fingerprint density at radius 2 is 2.22 bits per heavy atom. The van der Waals surface area contributed by atoms with Gasteiger partial charge in [0.2, 0.25) is 5.76 Å². The lowest BCUT2D eigenvalue weighted by Gasteiger charge is -2.06. The first-order chi connectivity index (χ1) is 8.65. The molecule has 0 amide bonds. The van der Waals surface area contributed by atoms with E-state index >= 15 is 0 Å². The number of unbranched alkanes of at least 4 members (excludes halogenated alkanes) is 1. The summed E-state index contributed by atoms with van der Waals surface area (Å²) in [4.78, 5) is 11.4. The van der Waals surface area contributed by atoms with Crippen molar-refractivity contribution in [1.29, 1.82) is 0 Å². The molecule has 0 saturated heterocycles. The Hall–Kier alpha value is -1.29. The molecular weight excluding hydrogens is 230 g/mol. The van der Waals surface area contributed by atoms with E-state index in [9.17, 15) is 4.79 Å². The van der Waals surface area contributed by atoms with Crippen molar-refractivity contribution in [2.75, 3.05) is 13.7 Å². The molecule has 0 aromatic carbocycles. The van der Waals surface area contributed by atoms with Gasteiger partial charge in [0, 0.05) is 12.1 Å². The maximum atomic E-state index is 11.4. The van der Waals surface area contributed by atoms with Crippen LogP contribution < -0.4 is 5.32 Å². The molecule has 0 fully saturated rings. The fourth-order valence-corrected chi connectivity index (χ4v) is 1.77. The van der Waals surface area contributed by atoms with Crippen LogP contribution in [0.5, 0.6) is 0 Å². The first-order valence-electron chi connectivity index (χ1n) is 6.50. The summed E-state index contributed by atoms with van der Waals surface area (Å²) in [6.45, 7) is 6.07. The Morgan fingerprint density at radius 1 is 1.44 bits per heavy atom. The van der Waals surface area contributed by atoms with Gasteiger partial charge in [0.05, 0.1) is 13.4 Å². The van der Waals surface area contributed by atoms with Crippen LogP contribution >= 0.6 is 0 Å². The van der Waals surface area contributed by atoms with E-state index in [1.807, 2.05) is 0 Å². The zero-order valence-corrected chi connectivity index (χ0v) is 11.5. The van der Waals surface area contributed by atoms with Crippen molar-refractivity contribution in [3.05, 3.63) is 23.7 Å². The molecule has 0 aliphatic heterocycles. The Morgan fingerprint density at radius 3 is 2.89 bits per heavy atom. The summed E-state index contributed by atoms with van der Waals surface area (Å²) >= 11 is 0. The quantitative estimate of drug-likeness (QED) is 0.571. The second-order valence-electron chi connectivity index (χ2n) is 4.83. The van der Waals surface area contributed by atoms with Gasteiger partial charge < -0.3 is 14.5 Å². The van der Waals surface area contributed by atoms with Crippen LogP contribution in [0, 0.1) is 5.92 Å². The Kier molecular flexibility index (Phi) is 6.50. The van der Waals surface area contributed by atoms with Crippen LogP contribution in [0.15, 0.2) is 16.7 Å². The number of esters is 1. The van der Waals surface area contributed by atoms with Gasteiger partial charge in [-0.1, -0.05) is 26.7 Å². The maximum Gasteiger partial charge on any atom is 0.374 e. The number of nitrogens with one attached hydrogen (secondary N) is 1. The first kappa shape index (κ1) is 14.8. The molecule has 1 N–H and O–H groups in total. The van der Waals surface area contributed by atoms with Gasteiger partial charge in [-0.2, -0.15) is 0 Å². The van der Waals surface area contributed by atoms with Crippen LogP contribution in [0.3, 0.4) is 0 Å². The largest absolute Gasteiger partial charge is 0.463 e. The van der Waals surface area contributed by atoms with E-state index in [0.29, 0.717) is 12.3 Å². The van der Waals surface area contributed by atoms with Crippen molar-refractivity contribution >= 4 is 5.97 Å². The van der Waals surface area contributed by atoms with Gasteiger partial charge in [0.15, 0.2) is 0 Å². The average Bonchev–Trinajstić information content (AvgIpc) is 2.80. The van der Waals surface area contributed by atoms with Crippen molar-refractivity contribution < 1.29 is 13.9 Å². The van der Waals surface area contributed by atoms with Gasteiger partial charge >= 0.3 is 5.97 Å². The SMILES string of the molecule is COC(=O)c1occc1CNCCCCC(C)C. The highest BCUT2D eigenvalue weighted by Gasteiger charge is 2.14. The number of furan rings is 1. The molecule has 0 atom stereocenters. The van der Waals surface area contributed by atoms with E-state index in [4.69, 9.17) is 4.42 Å². The van der Waals surface area contributed by atoms with E-state index in [1.54, 1.807) is 6.07 Å². The van der Waals surface area contributed by atoms with E-state index in [1.165, 1.54) is 26.2 Å². The maximum absolute atomic E-state index is 11.4. The number of hydrogen-bond donors (Lipinski definition) is 1.